The minimum absolute atomic E-state index is 0.106. The fourth-order valence-corrected chi connectivity index (χ4v) is 3.49. The average Bonchev–Trinajstić information content (AvgIpc) is 3.06. The first-order valence-corrected chi connectivity index (χ1v) is 7.76. The molecule has 0 fully saturated rings. The maximum absolute atomic E-state index is 12.2. The lowest BCUT2D eigenvalue weighted by Crippen LogP contribution is -2.10. The van der Waals surface area contributed by atoms with Crippen LogP contribution < -0.4 is 0 Å². The average molecular weight is 337 g/mol. The standard InChI is InChI=1S/C15H10Cl2N2OS/c16-14-6-12(15(17)21-14)13(20)9-19-8-11(7-18-19)10-4-2-1-3-5-10/h1-8H,9H2. The first-order valence-electron chi connectivity index (χ1n) is 6.19. The van der Waals surface area contributed by atoms with Crippen LogP contribution in [0.25, 0.3) is 11.1 Å². The van der Waals surface area contributed by atoms with Gasteiger partial charge < -0.3 is 0 Å². The Morgan fingerprint density at radius 3 is 2.62 bits per heavy atom. The Labute approximate surface area is 135 Å². The normalized spacial score (nSPS) is 10.8. The lowest BCUT2D eigenvalue weighted by Gasteiger charge is -2.00. The molecule has 0 radical (unpaired) electrons. The van der Waals surface area contributed by atoms with Gasteiger partial charge in [-0.25, -0.2) is 0 Å². The summed E-state index contributed by atoms with van der Waals surface area (Å²) in [6.45, 7) is 0.139. The number of benzene rings is 1. The predicted octanol–water partition coefficient (Wildman–Crippen LogP) is 4.80. The van der Waals surface area contributed by atoms with Gasteiger partial charge >= 0.3 is 0 Å². The van der Waals surface area contributed by atoms with Crippen LogP contribution in [0, 0.1) is 0 Å². The van der Waals surface area contributed by atoms with Gasteiger partial charge in [0, 0.05) is 11.8 Å². The summed E-state index contributed by atoms with van der Waals surface area (Å²) in [4.78, 5) is 12.2. The van der Waals surface area contributed by atoms with Crippen molar-refractivity contribution < 1.29 is 4.79 Å². The van der Waals surface area contributed by atoms with E-state index in [9.17, 15) is 4.79 Å². The molecule has 6 heteroatoms. The molecule has 2 heterocycles. The van der Waals surface area contributed by atoms with Crippen molar-refractivity contribution in [3.05, 3.63) is 63.0 Å². The van der Waals surface area contributed by atoms with Crippen molar-refractivity contribution in [3.8, 4) is 11.1 Å². The molecule has 0 saturated carbocycles. The molecule has 106 valence electrons. The van der Waals surface area contributed by atoms with E-state index in [1.807, 2.05) is 36.5 Å². The third-order valence-electron chi connectivity index (χ3n) is 3.00. The fraction of sp³-hybridized carbons (Fsp3) is 0.0667. The van der Waals surface area contributed by atoms with E-state index in [1.165, 1.54) is 11.3 Å². The summed E-state index contributed by atoms with van der Waals surface area (Å²) < 4.78 is 2.53. The topological polar surface area (TPSA) is 34.9 Å². The van der Waals surface area contributed by atoms with Gasteiger partial charge in [-0.1, -0.05) is 53.5 Å². The molecule has 3 nitrogen and oxygen atoms in total. The Kier molecular flexibility index (Phi) is 4.10. The van der Waals surface area contributed by atoms with E-state index < -0.39 is 0 Å². The summed E-state index contributed by atoms with van der Waals surface area (Å²) in [5.74, 6) is -0.106. The minimum atomic E-state index is -0.106. The molecule has 0 N–H and O–H groups in total. The molecule has 0 atom stereocenters. The van der Waals surface area contributed by atoms with Crippen LogP contribution in [-0.4, -0.2) is 15.6 Å². The van der Waals surface area contributed by atoms with Crippen molar-refractivity contribution in [2.75, 3.05) is 0 Å². The van der Waals surface area contributed by atoms with Crippen molar-refractivity contribution in [1.29, 1.82) is 0 Å². The highest BCUT2D eigenvalue weighted by molar-refractivity contribution is 7.20. The molecule has 3 aromatic rings. The SMILES string of the molecule is O=C(Cn1cc(-c2ccccc2)cn1)c1cc(Cl)sc1Cl. The fourth-order valence-electron chi connectivity index (χ4n) is 1.99. The number of halogens is 2. The van der Waals surface area contributed by atoms with Crippen molar-refractivity contribution in [3.63, 3.8) is 0 Å². The first-order chi connectivity index (χ1) is 10.1. The summed E-state index contributed by atoms with van der Waals surface area (Å²) in [5, 5.41) is 4.22. The number of aromatic nitrogens is 2. The number of nitrogens with zero attached hydrogens (tertiary/aromatic N) is 2. The van der Waals surface area contributed by atoms with Crippen molar-refractivity contribution >= 4 is 40.3 Å². The van der Waals surface area contributed by atoms with Crippen LogP contribution in [-0.2, 0) is 6.54 Å². The molecule has 0 bridgehead atoms. The van der Waals surface area contributed by atoms with E-state index in [4.69, 9.17) is 23.2 Å². The van der Waals surface area contributed by atoms with Crippen LogP contribution in [0.5, 0.6) is 0 Å². The van der Waals surface area contributed by atoms with E-state index in [0.717, 1.165) is 11.1 Å². The third-order valence-corrected chi connectivity index (χ3v) is 4.49. The molecule has 0 aliphatic carbocycles. The second kappa shape index (κ2) is 6.02. The van der Waals surface area contributed by atoms with Crippen LogP contribution >= 0.6 is 34.5 Å². The maximum atomic E-state index is 12.2. The summed E-state index contributed by atoms with van der Waals surface area (Å²) in [7, 11) is 0. The van der Waals surface area contributed by atoms with Gasteiger partial charge in [-0.2, -0.15) is 5.10 Å². The highest BCUT2D eigenvalue weighted by atomic mass is 35.5. The number of rotatable bonds is 4. The molecule has 0 spiro atoms. The molecule has 0 aliphatic heterocycles. The maximum Gasteiger partial charge on any atom is 0.186 e. The van der Waals surface area contributed by atoms with Gasteiger partial charge in [-0.3, -0.25) is 9.48 Å². The number of ketones is 1. The van der Waals surface area contributed by atoms with Gasteiger partial charge in [0.05, 0.1) is 16.1 Å². The van der Waals surface area contributed by atoms with Crippen LogP contribution in [0.15, 0.2) is 48.8 Å². The number of hydrogen-bond donors (Lipinski definition) is 0. The summed E-state index contributed by atoms with van der Waals surface area (Å²) >= 11 is 13.0. The van der Waals surface area contributed by atoms with Crippen molar-refractivity contribution in [2.24, 2.45) is 0 Å². The number of carbonyl (C=O) groups excluding carboxylic acids is 1. The Hall–Kier alpha value is -1.62. The molecule has 0 saturated heterocycles. The molecule has 0 aliphatic rings. The highest BCUT2D eigenvalue weighted by Gasteiger charge is 2.15. The smallest absolute Gasteiger partial charge is 0.186 e. The Balaban J connectivity index is 1.79. The highest BCUT2D eigenvalue weighted by Crippen LogP contribution is 2.31. The summed E-state index contributed by atoms with van der Waals surface area (Å²) in [6, 6.07) is 11.5. The molecule has 1 aromatic carbocycles. The molecule has 0 amide bonds. The molecule has 2 aromatic heterocycles. The minimum Gasteiger partial charge on any atom is -0.292 e. The van der Waals surface area contributed by atoms with Gasteiger partial charge in [0.15, 0.2) is 5.78 Å². The van der Waals surface area contributed by atoms with Gasteiger partial charge in [-0.05, 0) is 11.6 Å². The second-order valence-electron chi connectivity index (χ2n) is 4.45. The third kappa shape index (κ3) is 3.18. The van der Waals surface area contributed by atoms with E-state index in [0.29, 0.717) is 14.2 Å². The zero-order valence-electron chi connectivity index (χ0n) is 10.8. The van der Waals surface area contributed by atoms with E-state index in [2.05, 4.69) is 5.10 Å². The predicted molar refractivity (Wildman–Crippen MR) is 86.3 cm³/mol. The lowest BCUT2D eigenvalue weighted by molar-refractivity contribution is 0.0968. The number of Topliss-reactive ketones (excluding diaryl/α,β-unsaturated/α-hetero) is 1. The second-order valence-corrected chi connectivity index (χ2v) is 6.74. The Bertz CT molecular complexity index is 780. The van der Waals surface area contributed by atoms with Crippen LogP contribution in [0.2, 0.25) is 8.67 Å². The van der Waals surface area contributed by atoms with Gasteiger partial charge in [0.25, 0.3) is 0 Å². The summed E-state index contributed by atoms with van der Waals surface area (Å²) in [6.07, 6.45) is 3.58. The lowest BCUT2D eigenvalue weighted by atomic mass is 10.1. The zero-order valence-corrected chi connectivity index (χ0v) is 13.1. The Morgan fingerprint density at radius 1 is 1.19 bits per heavy atom. The number of thiophene rings is 1. The van der Waals surface area contributed by atoms with Gasteiger partial charge in [0.2, 0.25) is 0 Å². The molecular weight excluding hydrogens is 327 g/mol. The van der Waals surface area contributed by atoms with Crippen LogP contribution in [0.4, 0.5) is 0 Å². The number of carbonyl (C=O) groups is 1. The number of hydrogen-bond acceptors (Lipinski definition) is 3. The first kappa shape index (κ1) is 14.3. The van der Waals surface area contributed by atoms with Crippen molar-refractivity contribution in [2.45, 2.75) is 6.54 Å². The van der Waals surface area contributed by atoms with Crippen molar-refractivity contribution in [1.82, 2.24) is 9.78 Å². The Morgan fingerprint density at radius 2 is 1.95 bits per heavy atom. The van der Waals surface area contributed by atoms with E-state index in [1.54, 1.807) is 16.9 Å². The van der Waals surface area contributed by atoms with Crippen LogP contribution in [0.3, 0.4) is 0 Å². The van der Waals surface area contributed by atoms with Gasteiger partial charge in [-0.15, -0.1) is 11.3 Å². The molecule has 21 heavy (non-hydrogen) atoms. The van der Waals surface area contributed by atoms with Crippen LogP contribution in [0.1, 0.15) is 10.4 Å². The quantitative estimate of drug-likeness (QED) is 0.641. The molecule has 3 rings (SSSR count). The zero-order chi connectivity index (χ0) is 14.8. The van der Waals surface area contributed by atoms with Gasteiger partial charge in [0.1, 0.15) is 10.9 Å². The monoisotopic (exact) mass is 336 g/mol. The largest absolute Gasteiger partial charge is 0.292 e. The van der Waals surface area contributed by atoms with E-state index >= 15 is 0 Å². The molecular formula is C15H10Cl2N2OS. The summed E-state index contributed by atoms with van der Waals surface area (Å²) in [5.41, 5.74) is 2.48. The molecule has 0 unspecified atom stereocenters. The van der Waals surface area contributed by atoms with E-state index in [-0.39, 0.29) is 12.3 Å².